The summed E-state index contributed by atoms with van der Waals surface area (Å²) in [6.45, 7) is 8.13. The second-order valence-electron chi connectivity index (χ2n) is 6.29. The summed E-state index contributed by atoms with van der Waals surface area (Å²) in [6, 6.07) is 7.08. The predicted octanol–water partition coefficient (Wildman–Crippen LogP) is 0.724. The summed E-state index contributed by atoms with van der Waals surface area (Å²) >= 11 is 0. The molecule has 27 heavy (non-hydrogen) atoms. The third-order valence-electron chi connectivity index (χ3n) is 4.43. The fraction of sp³-hybridized carbons (Fsp3) is 0.556. The molecule has 1 saturated heterocycles. The number of hydrogen-bond donors (Lipinski definition) is 1. The number of nitrogens with one attached hydrogen (secondary N) is 1. The van der Waals surface area contributed by atoms with E-state index in [4.69, 9.17) is 9.47 Å². The van der Waals surface area contributed by atoms with E-state index in [1.54, 1.807) is 28.9 Å². The van der Waals surface area contributed by atoms with Crippen molar-refractivity contribution in [2.45, 2.75) is 26.5 Å². The second-order valence-corrected chi connectivity index (χ2v) is 6.29. The minimum Gasteiger partial charge on any atom is -0.486 e. The van der Waals surface area contributed by atoms with Gasteiger partial charge in [-0.2, -0.15) is 0 Å². The fourth-order valence-corrected chi connectivity index (χ4v) is 2.85. The van der Waals surface area contributed by atoms with Crippen LogP contribution < -0.4 is 10.1 Å². The summed E-state index contributed by atoms with van der Waals surface area (Å²) in [4.78, 5) is 14.6. The molecule has 1 fully saturated rings. The maximum Gasteiger partial charge on any atom is 0.251 e. The van der Waals surface area contributed by atoms with E-state index >= 15 is 0 Å². The van der Waals surface area contributed by atoms with Gasteiger partial charge in [-0.3, -0.25) is 9.69 Å². The zero-order valence-corrected chi connectivity index (χ0v) is 15.6. The average Bonchev–Trinajstić information content (AvgIpc) is 3.18. The van der Waals surface area contributed by atoms with Crippen LogP contribution in [0, 0.1) is 0 Å². The van der Waals surface area contributed by atoms with E-state index < -0.39 is 0 Å². The van der Waals surface area contributed by atoms with Crippen molar-refractivity contribution in [1.82, 2.24) is 30.4 Å². The maximum atomic E-state index is 12.2. The summed E-state index contributed by atoms with van der Waals surface area (Å²) in [6.07, 6.45) is 0.930. The number of aromatic nitrogens is 4. The summed E-state index contributed by atoms with van der Waals surface area (Å²) in [7, 11) is 0. The van der Waals surface area contributed by atoms with Gasteiger partial charge >= 0.3 is 0 Å². The number of morpholine rings is 1. The Morgan fingerprint density at radius 1 is 1.26 bits per heavy atom. The summed E-state index contributed by atoms with van der Waals surface area (Å²) in [5.74, 6) is 1.27. The van der Waals surface area contributed by atoms with Gasteiger partial charge in [0.2, 0.25) is 0 Å². The molecule has 1 aliphatic rings. The number of nitrogens with zero attached hydrogens (tertiary/aromatic N) is 5. The number of ether oxygens (including phenoxy) is 2. The van der Waals surface area contributed by atoms with E-state index in [0.29, 0.717) is 30.2 Å². The smallest absolute Gasteiger partial charge is 0.251 e. The first-order valence-electron chi connectivity index (χ1n) is 9.32. The molecular weight excluding hydrogens is 348 g/mol. The van der Waals surface area contributed by atoms with Crippen LogP contribution in [0.25, 0.3) is 0 Å². The van der Waals surface area contributed by atoms with Gasteiger partial charge in [0, 0.05) is 31.7 Å². The van der Waals surface area contributed by atoms with Crippen molar-refractivity contribution in [2.75, 3.05) is 39.4 Å². The van der Waals surface area contributed by atoms with Gasteiger partial charge in [0.15, 0.2) is 5.82 Å². The van der Waals surface area contributed by atoms with Crippen molar-refractivity contribution >= 4 is 5.91 Å². The van der Waals surface area contributed by atoms with Crippen molar-refractivity contribution in [3.8, 4) is 5.75 Å². The molecule has 3 rings (SSSR count). The first-order valence-corrected chi connectivity index (χ1v) is 9.32. The molecule has 1 amide bonds. The quantitative estimate of drug-likeness (QED) is 0.647. The van der Waals surface area contributed by atoms with Crippen molar-refractivity contribution in [3.63, 3.8) is 0 Å². The Morgan fingerprint density at radius 3 is 2.78 bits per heavy atom. The van der Waals surface area contributed by atoms with Crippen LogP contribution in [0.4, 0.5) is 0 Å². The van der Waals surface area contributed by atoms with Gasteiger partial charge in [-0.25, -0.2) is 4.68 Å². The molecule has 1 aliphatic heterocycles. The summed E-state index contributed by atoms with van der Waals surface area (Å²) in [5, 5.41) is 14.4. The van der Waals surface area contributed by atoms with Gasteiger partial charge in [0.1, 0.15) is 12.4 Å². The minimum atomic E-state index is -0.0709. The zero-order valence-electron chi connectivity index (χ0n) is 15.6. The molecule has 146 valence electrons. The third-order valence-corrected chi connectivity index (χ3v) is 4.43. The van der Waals surface area contributed by atoms with Crippen LogP contribution in [0.15, 0.2) is 24.3 Å². The Balaban J connectivity index is 1.39. The van der Waals surface area contributed by atoms with Crippen LogP contribution in [0.3, 0.4) is 0 Å². The van der Waals surface area contributed by atoms with Crippen molar-refractivity contribution in [3.05, 3.63) is 35.7 Å². The van der Waals surface area contributed by atoms with Gasteiger partial charge < -0.3 is 14.8 Å². The number of benzene rings is 1. The highest BCUT2D eigenvalue weighted by atomic mass is 16.5. The molecule has 1 aromatic carbocycles. The molecule has 2 aromatic rings. The molecule has 9 nitrogen and oxygen atoms in total. The molecule has 0 aliphatic carbocycles. The highest BCUT2D eigenvalue weighted by Gasteiger charge is 2.10. The monoisotopic (exact) mass is 374 g/mol. The number of carbonyl (C=O) groups excluding carboxylic acids is 1. The molecule has 9 heteroatoms. The number of rotatable bonds is 9. The SMILES string of the molecule is CCn1nnnc1COc1ccc(C(=O)NCCCN2CCOCC2)cc1. The molecule has 0 atom stereocenters. The topological polar surface area (TPSA) is 94.4 Å². The number of tetrazole rings is 1. The van der Waals surface area contributed by atoms with Crippen molar-refractivity contribution in [2.24, 2.45) is 0 Å². The molecule has 0 bridgehead atoms. The molecule has 1 aromatic heterocycles. The van der Waals surface area contributed by atoms with E-state index in [2.05, 4.69) is 25.7 Å². The molecule has 0 spiro atoms. The second kappa shape index (κ2) is 9.98. The lowest BCUT2D eigenvalue weighted by atomic mass is 10.2. The Kier molecular flexibility index (Phi) is 7.11. The normalized spacial score (nSPS) is 14.9. The lowest BCUT2D eigenvalue weighted by Gasteiger charge is -2.26. The molecule has 2 heterocycles. The summed E-state index contributed by atoms with van der Waals surface area (Å²) in [5.41, 5.74) is 0.618. The molecule has 0 unspecified atom stereocenters. The van der Waals surface area contributed by atoms with Crippen LogP contribution >= 0.6 is 0 Å². The summed E-state index contributed by atoms with van der Waals surface area (Å²) < 4.78 is 12.7. The van der Waals surface area contributed by atoms with Crippen LogP contribution in [0.2, 0.25) is 0 Å². The predicted molar refractivity (Wildman–Crippen MR) is 98.5 cm³/mol. The Hall–Kier alpha value is -2.52. The maximum absolute atomic E-state index is 12.2. The van der Waals surface area contributed by atoms with Gasteiger partial charge in [-0.1, -0.05) is 0 Å². The van der Waals surface area contributed by atoms with E-state index in [1.165, 1.54) is 0 Å². The number of aryl methyl sites for hydroxylation is 1. The highest BCUT2D eigenvalue weighted by molar-refractivity contribution is 5.94. The van der Waals surface area contributed by atoms with E-state index in [1.807, 2.05) is 6.92 Å². The molecule has 1 N–H and O–H groups in total. The number of carbonyl (C=O) groups is 1. The van der Waals surface area contributed by atoms with E-state index in [-0.39, 0.29) is 12.5 Å². The van der Waals surface area contributed by atoms with Crippen molar-refractivity contribution < 1.29 is 14.3 Å². The zero-order chi connectivity index (χ0) is 18.9. The first-order chi connectivity index (χ1) is 13.3. The minimum absolute atomic E-state index is 0.0709. The van der Waals surface area contributed by atoms with Gasteiger partial charge in [-0.15, -0.1) is 5.10 Å². The van der Waals surface area contributed by atoms with Gasteiger partial charge in [0.25, 0.3) is 5.91 Å². The van der Waals surface area contributed by atoms with Crippen LogP contribution in [0.5, 0.6) is 5.75 Å². The van der Waals surface area contributed by atoms with Crippen molar-refractivity contribution in [1.29, 1.82) is 0 Å². The molecule has 0 saturated carbocycles. The van der Waals surface area contributed by atoms with E-state index in [0.717, 1.165) is 39.3 Å². The standard InChI is InChI=1S/C18H26N6O3/c1-2-24-17(20-21-22-24)14-27-16-6-4-15(5-7-16)18(25)19-8-3-9-23-10-12-26-13-11-23/h4-7H,2-3,8-14H2,1H3,(H,19,25). The first kappa shape index (κ1) is 19.2. The van der Waals surface area contributed by atoms with Crippen LogP contribution in [-0.2, 0) is 17.9 Å². The fourth-order valence-electron chi connectivity index (χ4n) is 2.85. The number of amides is 1. The van der Waals surface area contributed by atoms with Crippen LogP contribution in [0.1, 0.15) is 29.5 Å². The Morgan fingerprint density at radius 2 is 2.04 bits per heavy atom. The Bertz CT molecular complexity index is 712. The number of hydrogen-bond acceptors (Lipinski definition) is 7. The van der Waals surface area contributed by atoms with Crippen LogP contribution in [-0.4, -0.2) is 70.4 Å². The highest BCUT2D eigenvalue weighted by Crippen LogP contribution is 2.13. The van der Waals surface area contributed by atoms with E-state index in [9.17, 15) is 4.79 Å². The van der Waals surface area contributed by atoms with Gasteiger partial charge in [0.05, 0.1) is 13.2 Å². The largest absolute Gasteiger partial charge is 0.486 e. The lowest BCUT2D eigenvalue weighted by molar-refractivity contribution is 0.0374. The third kappa shape index (κ3) is 5.73. The molecule has 0 radical (unpaired) electrons. The van der Waals surface area contributed by atoms with Gasteiger partial charge in [-0.05, 0) is 54.6 Å². The lowest BCUT2D eigenvalue weighted by Crippen LogP contribution is -2.38. The average molecular weight is 374 g/mol. The Labute approximate surface area is 158 Å². The molecular formula is C18H26N6O3.